The minimum Gasteiger partial charge on any atom is -0.296 e. The highest BCUT2D eigenvalue weighted by Gasteiger charge is 2.08. The van der Waals surface area contributed by atoms with E-state index in [9.17, 15) is 4.79 Å². The minimum atomic E-state index is 0.461. The Morgan fingerprint density at radius 2 is 2.06 bits per heavy atom. The normalized spacial score (nSPS) is 10.5. The van der Waals surface area contributed by atoms with Crippen molar-refractivity contribution in [3.63, 3.8) is 0 Å². The maximum absolute atomic E-state index is 10.8. The number of rotatable bonds is 4. The molecule has 0 saturated carbocycles. The van der Waals surface area contributed by atoms with Crippen LogP contribution in [0.15, 0.2) is 30.3 Å². The van der Waals surface area contributed by atoms with E-state index in [2.05, 4.69) is 12.0 Å². The molecule has 1 aromatic carbocycles. The fraction of sp³-hybridized carbons (Fsp3) is 0.231. The molecule has 0 atom stereocenters. The average molecular weight is 249 g/mol. The standard InChI is InChI=1S/C13H13ClN2O/c1-2-7-16-13(8-12(9-17)15-16)10-3-5-11(14)6-4-10/h3-6,8-9H,2,7H2,1H3. The van der Waals surface area contributed by atoms with Crippen molar-refractivity contribution in [1.82, 2.24) is 9.78 Å². The van der Waals surface area contributed by atoms with Gasteiger partial charge >= 0.3 is 0 Å². The topological polar surface area (TPSA) is 34.9 Å². The third-order valence-corrected chi connectivity index (χ3v) is 2.75. The van der Waals surface area contributed by atoms with Crippen LogP contribution in [0.5, 0.6) is 0 Å². The van der Waals surface area contributed by atoms with E-state index >= 15 is 0 Å². The van der Waals surface area contributed by atoms with Crippen LogP contribution in [-0.4, -0.2) is 16.1 Å². The van der Waals surface area contributed by atoms with Crippen molar-refractivity contribution in [3.8, 4) is 11.3 Å². The molecule has 0 aliphatic heterocycles. The monoisotopic (exact) mass is 248 g/mol. The fourth-order valence-electron chi connectivity index (χ4n) is 1.73. The second kappa shape index (κ2) is 5.15. The molecule has 0 saturated heterocycles. The van der Waals surface area contributed by atoms with Crippen molar-refractivity contribution in [2.24, 2.45) is 0 Å². The summed E-state index contributed by atoms with van der Waals surface area (Å²) in [5.41, 5.74) is 2.43. The quantitative estimate of drug-likeness (QED) is 0.777. The van der Waals surface area contributed by atoms with Crippen LogP contribution in [-0.2, 0) is 6.54 Å². The molecule has 0 unspecified atom stereocenters. The Bertz CT molecular complexity index is 517. The Morgan fingerprint density at radius 1 is 1.35 bits per heavy atom. The number of nitrogens with zero attached hydrogens (tertiary/aromatic N) is 2. The lowest BCUT2D eigenvalue weighted by Gasteiger charge is -2.05. The van der Waals surface area contributed by atoms with Gasteiger partial charge in [-0.3, -0.25) is 9.48 Å². The molecular formula is C13H13ClN2O. The summed E-state index contributed by atoms with van der Waals surface area (Å²) >= 11 is 5.85. The van der Waals surface area contributed by atoms with Crippen LogP contribution in [0.3, 0.4) is 0 Å². The van der Waals surface area contributed by atoms with Crippen LogP contribution < -0.4 is 0 Å². The second-order valence-electron chi connectivity index (χ2n) is 3.80. The van der Waals surface area contributed by atoms with Gasteiger partial charge in [0.15, 0.2) is 6.29 Å². The summed E-state index contributed by atoms with van der Waals surface area (Å²) in [6.45, 7) is 2.87. The SMILES string of the molecule is CCCn1nc(C=O)cc1-c1ccc(Cl)cc1. The van der Waals surface area contributed by atoms with Crippen molar-refractivity contribution >= 4 is 17.9 Å². The number of halogens is 1. The van der Waals surface area contributed by atoms with Crippen LogP contribution in [0, 0.1) is 0 Å². The summed E-state index contributed by atoms with van der Waals surface area (Å²) in [6, 6.07) is 9.33. The molecule has 0 aliphatic carbocycles. The Labute approximate surface area is 105 Å². The highest BCUT2D eigenvalue weighted by Crippen LogP contribution is 2.22. The van der Waals surface area contributed by atoms with Crippen LogP contribution in [0.4, 0.5) is 0 Å². The molecule has 0 spiro atoms. The predicted octanol–water partition coefficient (Wildman–Crippen LogP) is 3.43. The molecule has 2 aromatic rings. The lowest BCUT2D eigenvalue weighted by atomic mass is 10.1. The van der Waals surface area contributed by atoms with Crippen LogP contribution in [0.1, 0.15) is 23.8 Å². The molecule has 88 valence electrons. The molecule has 0 aliphatic rings. The van der Waals surface area contributed by atoms with Crippen molar-refractivity contribution in [3.05, 3.63) is 41.0 Å². The molecule has 3 nitrogen and oxygen atoms in total. The molecule has 0 N–H and O–H groups in total. The van der Waals surface area contributed by atoms with E-state index in [0.717, 1.165) is 30.5 Å². The van der Waals surface area contributed by atoms with E-state index in [1.807, 2.05) is 28.9 Å². The number of carbonyl (C=O) groups is 1. The summed E-state index contributed by atoms with van der Waals surface area (Å²) in [5, 5.41) is 4.93. The van der Waals surface area contributed by atoms with E-state index in [-0.39, 0.29) is 0 Å². The van der Waals surface area contributed by atoms with E-state index < -0.39 is 0 Å². The Kier molecular flexibility index (Phi) is 3.59. The van der Waals surface area contributed by atoms with Gasteiger partial charge in [0.25, 0.3) is 0 Å². The van der Waals surface area contributed by atoms with Crippen molar-refractivity contribution < 1.29 is 4.79 Å². The summed E-state index contributed by atoms with van der Waals surface area (Å²) < 4.78 is 1.85. The first-order valence-electron chi connectivity index (χ1n) is 5.53. The molecule has 1 heterocycles. The molecule has 4 heteroatoms. The smallest absolute Gasteiger partial charge is 0.170 e. The van der Waals surface area contributed by atoms with E-state index in [0.29, 0.717) is 10.7 Å². The van der Waals surface area contributed by atoms with Gasteiger partial charge in [0.1, 0.15) is 5.69 Å². The van der Waals surface area contributed by atoms with Gasteiger partial charge in [-0.05, 0) is 30.2 Å². The maximum Gasteiger partial charge on any atom is 0.170 e. The molecule has 0 fully saturated rings. The minimum absolute atomic E-state index is 0.461. The number of benzene rings is 1. The van der Waals surface area contributed by atoms with Gasteiger partial charge < -0.3 is 0 Å². The highest BCUT2D eigenvalue weighted by atomic mass is 35.5. The summed E-state index contributed by atoms with van der Waals surface area (Å²) in [6.07, 6.45) is 1.74. The Hall–Kier alpha value is -1.61. The first-order chi connectivity index (χ1) is 8.24. The van der Waals surface area contributed by atoms with Gasteiger partial charge in [0, 0.05) is 11.6 Å². The first kappa shape index (κ1) is 11.9. The van der Waals surface area contributed by atoms with E-state index in [1.54, 1.807) is 6.07 Å². The average Bonchev–Trinajstić information content (AvgIpc) is 2.74. The lowest BCUT2D eigenvalue weighted by Crippen LogP contribution is -2.01. The Balaban J connectivity index is 2.45. The van der Waals surface area contributed by atoms with Crippen LogP contribution >= 0.6 is 11.6 Å². The number of aldehydes is 1. The molecule has 17 heavy (non-hydrogen) atoms. The van der Waals surface area contributed by atoms with Crippen LogP contribution in [0.2, 0.25) is 5.02 Å². The van der Waals surface area contributed by atoms with Gasteiger partial charge in [0.05, 0.1) is 5.69 Å². The molecule has 2 rings (SSSR count). The van der Waals surface area contributed by atoms with Gasteiger partial charge in [-0.25, -0.2) is 0 Å². The van der Waals surface area contributed by atoms with Gasteiger partial charge in [-0.2, -0.15) is 5.10 Å². The van der Waals surface area contributed by atoms with Crippen molar-refractivity contribution in [1.29, 1.82) is 0 Å². The second-order valence-corrected chi connectivity index (χ2v) is 4.24. The number of carbonyl (C=O) groups excluding carboxylic acids is 1. The highest BCUT2D eigenvalue weighted by molar-refractivity contribution is 6.30. The zero-order valence-electron chi connectivity index (χ0n) is 9.56. The number of aryl methyl sites for hydroxylation is 1. The zero-order chi connectivity index (χ0) is 12.3. The Morgan fingerprint density at radius 3 is 2.65 bits per heavy atom. The largest absolute Gasteiger partial charge is 0.296 e. The molecule has 1 aromatic heterocycles. The third-order valence-electron chi connectivity index (χ3n) is 2.50. The van der Waals surface area contributed by atoms with Crippen molar-refractivity contribution in [2.45, 2.75) is 19.9 Å². The number of hydrogen-bond acceptors (Lipinski definition) is 2. The first-order valence-corrected chi connectivity index (χ1v) is 5.91. The summed E-state index contributed by atoms with van der Waals surface area (Å²) in [4.78, 5) is 10.8. The summed E-state index contributed by atoms with van der Waals surface area (Å²) in [5.74, 6) is 0. The lowest BCUT2D eigenvalue weighted by molar-refractivity contribution is 0.111. The number of aromatic nitrogens is 2. The molecule has 0 bridgehead atoms. The van der Waals surface area contributed by atoms with Crippen LogP contribution in [0.25, 0.3) is 11.3 Å². The molecular weight excluding hydrogens is 236 g/mol. The third kappa shape index (κ3) is 2.56. The fourth-order valence-corrected chi connectivity index (χ4v) is 1.86. The van der Waals surface area contributed by atoms with E-state index in [4.69, 9.17) is 11.6 Å². The molecule has 0 radical (unpaired) electrons. The molecule has 0 amide bonds. The zero-order valence-corrected chi connectivity index (χ0v) is 10.3. The van der Waals surface area contributed by atoms with Gasteiger partial charge in [0.2, 0.25) is 0 Å². The number of hydrogen-bond donors (Lipinski definition) is 0. The van der Waals surface area contributed by atoms with E-state index in [1.165, 1.54) is 0 Å². The maximum atomic E-state index is 10.8. The van der Waals surface area contributed by atoms with Crippen molar-refractivity contribution in [2.75, 3.05) is 0 Å². The summed E-state index contributed by atoms with van der Waals surface area (Å²) in [7, 11) is 0. The van der Waals surface area contributed by atoms with Gasteiger partial charge in [-0.1, -0.05) is 30.7 Å². The van der Waals surface area contributed by atoms with Gasteiger partial charge in [-0.15, -0.1) is 0 Å². The predicted molar refractivity (Wildman–Crippen MR) is 68.4 cm³/mol.